The van der Waals surface area contributed by atoms with Crippen LogP contribution in [0.3, 0.4) is 0 Å². The van der Waals surface area contributed by atoms with Crippen molar-refractivity contribution in [3.8, 4) is 0 Å². The first-order valence-electron chi connectivity index (χ1n) is 15.1. The molecule has 5 heterocycles. The highest BCUT2D eigenvalue weighted by atomic mass is 35.5. The van der Waals surface area contributed by atoms with Gasteiger partial charge in [0.15, 0.2) is 5.58 Å². The molecule has 3 fully saturated rings. The number of hydrogen-bond donors (Lipinski definition) is 1. The van der Waals surface area contributed by atoms with Gasteiger partial charge in [0, 0.05) is 75.0 Å². The summed E-state index contributed by atoms with van der Waals surface area (Å²) >= 11 is 7.18. The van der Waals surface area contributed by atoms with Crippen LogP contribution in [0.15, 0.2) is 33.5 Å². The van der Waals surface area contributed by atoms with Gasteiger partial charge in [0.05, 0.1) is 23.6 Å². The van der Waals surface area contributed by atoms with Crippen molar-refractivity contribution in [3.05, 3.63) is 45.0 Å². The highest BCUT2D eigenvalue weighted by molar-refractivity contribution is 7.88. The molecule has 0 radical (unpaired) electrons. The molecule has 1 spiro atoms. The molecule has 1 aromatic carbocycles. The molecule has 7 rings (SSSR count). The van der Waals surface area contributed by atoms with E-state index in [2.05, 4.69) is 25.1 Å². The zero-order valence-corrected chi connectivity index (χ0v) is 27.4. The molecule has 0 unspecified atom stereocenters. The second-order valence-electron chi connectivity index (χ2n) is 12.7. The van der Waals surface area contributed by atoms with Crippen LogP contribution < -0.4 is 16.0 Å². The Kier molecular flexibility index (Phi) is 8.02. The van der Waals surface area contributed by atoms with E-state index in [1.54, 1.807) is 10.6 Å². The Balaban J connectivity index is 0.962. The molecule has 1 saturated carbocycles. The minimum atomic E-state index is -4.30. The van der Waals surface area contributed by atoms with Crippen LogP contribution in [0.25, 0.3) is 21.3 Å². The van der Waals surface area contributed by atoms with Gasteiger partial charge in [-0.05, 0) is 54.5 Å². The Hall–Kier alpha value is -2.92. The summed E-state index contributed by atoms with van der Waals surface area (Å²) in [6.45, 7) is 4.62. The molecular formula is C29H33ClF3N7O4S2. The second kappa shape index (κ2) is 11.6. The Morgan fingerprint density at radius 1 is 1.11 bits per heavy atom. The van der Waals surface area contributed by atoms with Crippen molar-refractivity contribution in [2.24, 2.45) is 5.41 Å². The van der Waals surface area contributed by atoms with Crippen LogP contribution in [0.5, 0.6) is 0 Å². The van der Waals surface area contributed by atoms with Crippen molar-refractivity contribution in [1.82, 2.24) is 23.7 Å². The highest BCUT2D eigenvalue weighted by Gasteiger charge is 2.49. The van der Waals surface area contributed by atoms with Crippen LogP contribution in [-0.4, -0.2) is 96.4 Å². The lowest BCUT2D eigenvalue weighted by Crippen LogP contribution is -2.49. The third-order valence-electron chi connectivity index (χ3n) is 9.35. The number of oxazole rings is 1. The van der Waals surface area contributed by atoms with E-state index in [4.69, 9.17) is 16.0 Å². The van der Waals surface area contributed by atoms with Crippen molar-refractivity contribution in [2.45, 2.75) is 44.4 Å². The molecule has 2 saturated heterocycles. The van der Waals surface area contributed by atoms with Crippen molar-refractivity contribution < 1.29 is 26.0 Å². The zero-order chi connectivity index (χ0) is 32.4. The van der Waals surface area contributed by atoms with E-state index in [0.717, 1.165) is 49.4 Å². The first-order chi connectivity index (χ1) is 21.7. The molecule has 4 aromatic rings. The minimum Gasteiger partial charge on any atom is -0.408 e. The zero-order valence-electron chi connectivity index (χ0n) is 25.0. The van der Waals surface area contributed by atoms with E-state index in [0.29, 0.717) is 66.4 Å². The number of hydrogen-bond acceptors (Lipinski definition) is 10. The predicted octanol–water partition coefficient (Wildman–Crippen LogP) is 4.41. The number of thiophene rings is 1. The fourth-order valence-electron chi connectivity index (χ4n) is 7.12. The van der Waals surface area contributed by atoms with E-state index in [9.17, 15) is 26.4 Å². The van der Waals surface area contributed by atoms with Crippen LogP contribution >= 0.6 is 22.9 Å². The van der Waals surface area contributed by atoms with Crippen LogP contribution in [0.2, 0.25) is 5.28 Å². The number of anilines is 2. The molecule has 1 aliphatic carbocycles. The van der Waals surface area contributed by atoms with E-state index in [1.165, 1.54) is 10.6 Å². The second-order valence-corrected chi connectivity index (χ2v) is 16.1. The standard InChI is InChI=1S/C29H33ClF3N7O4S2/c1-46(42,43)39-9-6-37(7-10-39)8-11-40-22-3-2-18(12-23(22)44-27(40)41)34-19-14-28(15-19)4-5-38(17-28)24-21-13-20(16-29(31,32)33)45-25(21)36-26(30)35-24/h2-3,12-13,19,34H,4-11,14-17H2,1H3. The number of benzene rings is 1. The van der Waals surface area contributed by atoms with Gasteiger partial charge < -0.3 is 14.6 Å². The third kappa shape index (κ3) is 6.46. The third-order valence-corrected chi connectivity index (χ3v) is 11.8. The number of alkyl halides is 3. The van der Waals surface area contributed by atoms with E-state index >= 15 is 0 Å². The molecule has 0 bridgehead atoms. The molecular weight excluding hydrogens is 667 g/mol. The minimum absolute atomic E-state index is 0.0281. The number of halogens is 4. The fraction of sp³-hybridized carbons (Fsp3) is 0.552. The van der Waals surface area contributed by atoms with Crippen LogP contribution in [0.4, 0.5) is 24.7 Å². The topological polar surface area (TPSA) is 117 Å². The Morgan fingerprint density at radius 3 is 2.59 bits per heavy atom. The number of fused-ring (bicyclic) bond motifs is 2. The van der Waals surface area contributed by atoms with Crippen LogP contribution in [0, 0.1) is 5.41 Å². The summed E-state index contributed by atoms with van der Waals surface area (Å²) in [5.41, 5.74) is 2.14. The summed E-state index contributed by atoms with van der Waals surface area (Å²) in [6, 6.07) is 7.44. The Morgan fingerprint density at radius 2 is 1.87 bits per heavy atom. The Bertz CT molecular complexity index is 1950. The average Bonchev–Trinajstić information content (AvgIpc) is 3.64. The number of aromatic nitrogens is 3. The molecule has 11 nitrogen and oxygen atoms in total. The maximum atomic E-state index is 13.0. The maximum Gasteiger partial charge on any atom is 0.419 e. The van der Waals surface area contributed by atoms with Gasteiger partial charge in [-0.25, -0.2) is 18.2 Å². The average molecular weight is 700 g/mol. The SMILES string of the molecule is CS(=O)(=O)N1CCN(CCn2c(=O)oc3cc(NC4CC5(CCN(c6nc(Cl)nc7sc(CC(F)(F)F)cc67)C5)C4)ccc32)CC1. The van der Waals surface area contributed by atoms with Gasteiger partial charge in [-0.15, -0.1) is 11.3 Å². The van der Waals surface area contributed by atoms with Gasteiger partial charge in [-0.1, -0.05) is 0 Å². The first kappa shape index (κ1) is 31.7. The molecule has 3 aliphatic rings. The predicted molar refractivity (Wildman–Crippen MR) is 171 cm³/mol. The number of nitrogens with one attached hydrogen (secondary N) is 1. The smallest absolute Gasteiger partial charge is 0.408 e. The molecule has 1 N–H and O–H groups in total. The van der Waals surface area contributed by atoms with Crippen molar-refractivity contribution in [3.63, 3.8) is 0 Å². The number of piperazine rings is 1. The summed E-state index contributed by atoms with van der Waals surface area (Å²) in [7, 11) is -3.20. The van der Waals surface area contributed by atoms with Crippen molar-refractivity contribution in [2.75, 3.05) is 62.3 Å². The van der Waals surface area contributed by atoms with E-state index < -0.39 is 28.4 Å². The molecule has 3 aromatic heterocycles. The lowest BCUT2D eigenvalue weighted by atomic mass is 9.65. The summed E-state index contributed by atoms with van der Waals surface area (Å²) in [6.07, 6.45) is -1.31. The Labute approximate surface area is 272 Å². The quantitative estimate of drug-likeness (QED) is 0.267. The number of rotatable bonds is 8. The summed E-state index contributed by atoms with van der Waals surface area (Å²) in [5.74, 6) is 0.166. The lowest BCUT2D eigenvalue weighted by molar-refractivity contribution is -0.126. The molecule has 248 valence electrons. The largest absolute Gasteiger partial charge is 0.419 e. The molecule has 0 amide bonds. The molecule has 46 heavy (non-hydrogen) atoms. The summed E-state index contributed by atoms with van der Waals surface area (Å²) in [4.78, 5) is 26.2. The van der Waals surface area contributed by atoms with Gasteiger partial charge in [0.1, 0.15) is 10.6 Å². The van der Waals surface area contributed by atoms with Crippen LogP contribution in [-0.2, 0) is 23.0 Å². The van der Waals surface area contributed by atoms with Crippen LogP contribution in [0.1, 0.15) is 24.1 Å². The van der Waals surface area contributed by atoms with Gasteiger partial charge in [0.25, 0.3) is 0 Å². The summed E-state index contributed by atoms with van der Waals surface area (Å²) < 4.78 is 71.3. The normalized spacial score (nSPS) is 23.2. The molecule has 17 heteroatoms. The highest BCUT2D eigenvalue weighted by Crippen LogP contribution is 2.50. The van der Waals surface area contributed by atoms with Crippen molar-refractivity contribution in [1.29, 1.82) is 0 Å². The number of nitrogens with zero attached hydrogens (tertiary/aromatic N) is 6. The molecule has 2 aliphatic heterocycles. The first-order valence-corrected chi connectivity index (χ1v) is 18.1. The van der Waals surface area contributed by atoms with Crippen molar-refractivity contribution >= 4 is 65.8 Å². The van der Waals surface area contributed by atoms with Gasteiger partial charge >= 0.3 is 11.9 Å². The van der Waals surface area contributed by atoms with Gasteiger partial charge in [-0.3, -0.25) is 9.47 Å². The lowest BCUT2D eigenvalue weighted by Gasteiger charge is -2.46. The fourth-order valence-corrected chi connectivity index (χ4v) is 9.22. The van der Waals surface area contributed by atoms with E-state index in [1.807, 2.05) is 18.2 Å². The maximum absolute atomic E-state index is 13.0. The number of sulfonamides is 1. The monoisotopic (exact) mass is 699 g/mol. The molecule has 0 atom stereocenters. The van der Waals surface area contributed by atoms with E-state index in [-0.39, 0.29) is 21.6 Å². The van der Waals surface area contributed by atoms with Gasteiger partial charge in [-0.2, -0.15) is 22.5 Å². The van der Waals surface area contributed by atoms with Gasteiger partial charge in [0.2, 0.25) is 15.3 Å². The summed E-state index contributed by atoms with van der Waals surface area (Å²) in [5, 5.41) is 4.20.